The molecule has 0 saturated heterocycles. The Morgan fingerprint density at radius 2 is 1.80 bits per heavy atom. The molecule has 0 spiro atoms. The van der Waals surface area contributed by atoms with Gasteiger partial charge in [-0.25, -0.2) is 4.39 Å². The van der Waals surface area contributed by atoms with Crippen LogP contribution in [0.15, 0.2) is 42.5 Å². The third-order valence-corrected chi connectivity index (χ3v) is 3.55. The highest BCUT2D eigenvalue weighted by Crippen LogP contribution is 2.22. The van der Waals surface area contributed by atoms with Crippen molar-refractivity contribution in [3.63, 3.8) is 0 Å². The minimum atomic E-state index is -0.273. The summed E-state index contributed by atoms with van der Waals surface area (Å²) in [6, 6.07) is 12.6. The first-order valence-electron chi connectivity index (χ1n) is 6.24. The largest absolute Gasteiger partial charge is 0.378 e. The molecule has 0 saturated carbocycles. The normalized spacial score (nSPS) is 10.9. The van der Waals surface area contributed by atoms with Gasteiger partial charge in [0.25, 0.3) is 0 Å². The molecular weight excluding hydrogens is 273 g/mol. The Kier molecular flexibility index (Phi) is 3.06. The number of aromatic amines is 1. The average molecular weight is 287 g/mol. The highest BCUT2D eigenvalue weighted by atomic mass is 32.1. The van der Waals surface area contributed by atoms with Crippen LogP contribution in [0.25, 0.3) is 16.7 Å². The average Bonchev–Trinajstić information content (AvgIpc) is 2.74. The number of rotatable bonds is 2. The minimum Gasteiger partial charge on any atom is -0.378 e. The second-order valence-corrected chi connectivity index (χ2v) is 5.22. The summed E-state index contributed by atoms with van der Waals surface area (Å²) < 4.78 is 15.8. The lowest BCUT2D eigenvalue weighted by Gasteiger charge is -2.13. The molecule has 1 heterocycles. The van der Waals surface area contributed by atoms with Crippen LogP contribution in [0, 0.1) is 10.6 Å². The third-order valence-electron chi connectivity index (χ3n) is 3.27. The van der Waals surface area contributed by atoms with E-state index >= 15 is 0 Å². The van der Waals surface area contributed by atoms with Crippen molar-refractivity contribution in [2.45, 2.75) is 0 Å². The Hall–Kier alpha value is -2.14. The zero-order valence-corrected chi connectivity index (χ0v) is 12.0. The lowest BCUT2D eigenvalue weighted by molar-refractivity contribution is 0.629. The maximum atomic E-state index is 13.4. The number of H-pyrrole nitrogens is 1. The molecule has 3 aromatic rings. The Morgan fingerprint density at radius 1 is 1.10 bits per heavy atom. The summed E-state index contributed by atoms with van der Waals surface area (Å²) in [6.45, 7) is 0. The standard InChI is InChI=1S/C15H14FN3S/c1-18(2)11-4-6-12(7-5-11)19-14-9-10(16)3-8-13(14)17-15(19)20/h3-9H,1-2H3,(H,17,20). The van der Waals surface area contributed by atoms with Crippen molar-refractivity contribution >= 4 is 28.9 Å². The van der Waals surface area contributed by atoms with Gasteiger partial charge in [0, 0.05) is 31.5 Å². The second-order valence-electron chi connectivity index (χ2n) is 4.84. The predicted octanol–water partition coefficient (Wildman–Crippen LogP) is 3.89. The fourth-order valence-electron chi connectivity index (χ4n) is 2.23. The molecule has 1 N–H and O–H groups in total. The fourth-order valence-corrected chi connectivity index (χ4v) is 2.55. The van der Waals surface area contributed by atoms with Crippen molar-refractivity contribution in [1.29, 1.82) is 0 Å². The molecule has 0 bridgehead atoms. The first-order chi connectivity index (χ1) is 9.56. The van der Waals surface area contributed by atoms with E-state index in [-0.39, 0.29) is 5.82 Å². The van der Waals surface area contributed by atoms with Crippen LogP contribution in [0.2, 0.25) is 0 Å². The Labute approximate surface area is 121 Å². The number of fused-ring (bicyclic) bond motifs is 1. The van der Waals surface area contributed by atoms with Gasteiger partial charge in [0.1, 0.15) is 5.82 Å². The molecule has 20 heavy (non-hydrogen) atoms. The molecule has 2 aromatic carbocycles. The van der Waals surface area contributed by atoms with Crippen molar-refractivity contribution in [3.8, 4) is 5.69 Å². The van der Waals surface area contributed by atoms with Crippen molar-refractivity contribution in [3.05, 3.63) is 53.1 Å². The molecule has 0 atom stereocenters. The highest BCUT2D eigenvalue weighted by molar-refractivity contribution is 7.71. The molecule has 0 aliphatic heterocycles. The smallest absolute Gasteiger partial charge is 0.182 e. The molecule has 0 aliphatic carbocycles. The van der Waals surface area contributed by atoms with E-state index in [4.69, 9.17) is 12.2 Å². The van der Waals surface area contributed by atoms with Crippen LogP contribution in [-0.2, 0) is 0 Å². The van der Waals surface area contributed by atoms with E-state index in [2.05, 4.69) is 4.98 Å². The van der Waals surface area contributed by atoms with Gasteiger partial charge < -0.3 is 9.88 Å². The molecule has 0 radical (unpaired) electrons. The summed E-state index contributed by atoms with van der Waals surface area (Å²) in [6.07, 6.45) is 0. The predicted molar refractivity (Wildman–Crippen MR) is 82.7 cm³/mol. The molecule has 1 aromatic heterocycles. The quantitative estimate of drug-likeness (QED) is 0.723. The molecular formula is C15H14FN3S. The van der Waals surface area contributed by atoms with Gasteiger partial charge in [0.05, 0.1) is 11.0 Å². The summed E-state index contributed by atoms with van der Waals surface area (Å²) in [4.78, 5) is 5.12. The third kappa shape index (κ3) is 2.10. The molecule has 0 unspecified atom stereocenters. The molecule has 3 nitrogen and oxygen atoms in total. The first-order valence-corrected chi connectivity index (χ1v) is 6.65. The summed E-state index contributed by atoms with van der Waals surface area (Å²) in [5.74, 6) is -0.273. The number of benzene rings is 2. The van der Waals surface area contributed by atoms with Crippen molar-refractivity contribution in [2.75, 3.05) is 19.0 Å². The van der Waals surface area contributed by atoms with Crippen molar-refractivity contribution < 1.29 is 4.39 Å². The number of imidazole rings is 1. The maximum Gasteiger partial charge on any atom is 0.182 e. The SMILES string of the molecule is CN(C)c1ccc(-n2c(=S)[nH]c3ccc(F)cc32)cc1. The van der Waals surface area contributed by atoms with Gasteiger partial charge in [-0.3, -0.25) is 4.57 Å². The minimum absolute atomic E-state index is 0.273. The summed E-state index contributed by atoms with van der Waals surface area (Å²) in [7, 11) is 3.98. The lowest BCUT2D eigenvalue weighted by atomic mass is 10.2. The van der Waals surface area contributed by atoms with Gasteiger partial charge in [-0.05, 0) is 48.6 Å². The lowest BCUT2D eigenvalue weighted by Crippen LogP contribution is -2.08. The van der Waals surface area contributed by atoms with Gasteiger partial charge in [0.15, 0.2) is 4.77 Å². The zero-order valence-electron chi connectivity index (χ0n) is 11.2. The molecule has 5 heteroatoms. The Bertz CT molecular complexity index is 815. The first kappa shape index (κ1) is 12.9. The van der Waals surface area contributed by atoms with Crippen molar-refractivity contribution in [2.24, 2.45) is 0 Å². The number of nitrogens with one attached hydrogen (secondary N) is 1. The van der Waals surface area contributed by atoms with Crippen LogP contribution in [0.5, 0.6) is 0 Å². The molecule has 0 aliphatic rings. The highest BCUT2D eigenvalue weighted by Gasteiger charge is 2.07. The topological polar surface area (TPSA) is 24.0 Å². The van der Waals surface area contributed by atoms with E-state index < -0.39 is 0 Å². The molecule has 0 fully saturated rings. The number of halogens is 1. The number of hydrogen-bond acceptors (Lipinski definition) is 2. The maximum absolute atomic E-state index is 13.4. The van der Waals surface area contributed by atoms with E-state index in [1.807, 2.05) is 47.8 Å². The van der Waals surface area contributed by atoms with Crippen LogP contribution in [0.1, 0.15) is 0 Å². The molecule has 3 rings (SSSR count). The molecule has 102 valence electrons. The van der Waals surface area contributed by atoms with Gasteiger partial charge in [-0.1, -0.05) is 0 Å². The van der Waals surface area contributed by atoms with Crippen LogP contribution < -0.4 is 4.90 Å². The Balaban J connectivity index is 2.21. The van der Waals surface area contributed by atoms with Gasteiger partial charge >= 0.3 is 0 Å². The van der Waals surface area contributed by atoms with Gasteiger partial charge in [-0.15, -0.1) is 0 Å². The van der Waals surface area contributed by atoms with Crippen molar-refractivity contribution in [1.82, 2.24) is 9.55 Å². The van der Waals surface area contributed by atoms with Crippen LogP contribution in [-0.4, -0.2) is 23.6 Å². The van der Waals surface area contributed by atoms with Crippen LogP contribution >= 0.6 is 12.2 Å². The van der Waals surface area contributed by atoms with E-state index in [1.54, 1.807) is 6.07 Å². The van der Waals surface area contributed by atoms with Gasteiger partial charge in [-0.2, -0.15) is 0 Å². The van der Waals surface area contributed by atoms with Crippen LogP contribution in [0.4, 0.5) is 10.1 Å². The van der Waals surface area contributed by atoms with Crippen LogP contribution in [0.3, 0.4) is 0 Å². The fraction of sp³-hybridized carbons (Fsp3) is 0.133. The second kappa shape index (κ2) is 4.76. The summed E-state index contributed by atoms with van der Waals surface area (Å²) >= 11 is 5.34. The number of aromatic nitrogens is 2. The van der Waals surface area contributed by atoms with E-state index in [1.165, 1.54) is 12.1 Å². The van der Waals surface area contributed by atoms with E-state index in [0.29, 0.717) is 4.77 Å². The number of anilines is 1. The summed E-state index contributed by atoms with van der Waals surface area (Å²) in [5, 5.41) is 0. The Morgan fingerprint density at radius 3 is 2.45 bits per heavy atom. The van der Waals surface area contributed by atoms with Gasteiger partial charge in [0.2, 0.25) is 0 Å². The monoisotopic (exact) mass is 287 g/mol. The van der Waals surface area contributed by atoms with E-state index in [9.17, 15) is 4.39 Å². The summed E-state index contributed by atoms with van der Waals surface area (Å²) in [5.41, 5.74) is 3.59. The number of nitrogens with zero attached hydrogens (tertiary/aromatic N) is 2. The number of hydrogen-bond donors (Lipinski definition) is 1. The molecule has 0 amide bonds. The van der Waals surface area contributed by atoms with E-state index in [0.717, 1.165) is 22.4 Å². The zero-order chi connectivity index (χ0) is 14.3.